The SMILES string of the molecule is CCOc1ccccc1C(=O)Oc1ccccc1. The van der Waals surface area contributed by atoms with E-state index in [-0.39, 0.29) is 0 Å². The first-order chi connectivity index (χ1) is 8.81. The lowest BCUT2D eigenvalue weighted by molar-refractivity contribution is 0.0730. The van der Waals surface area contributed by atoms with E-state index < -0.39 is 5.97 Å². The Kier molecular flexibility index (Phi) is 3.97. The van der Waals surface area contributed by atoms with E-state index in [9.17, 15) is 4.79 Å². The highest BCUT2D eigenvalue weighted by Gasteiger charge is 2.13. The van der Waals surface area contributed by atoms with Crippen LogP contribution in [-0.4, -0.2) is 12.6 Å². The summed E-state index contributed by atoms with van der Waals surface area (Å²) in [5.41, 5.74) is 0.434. The summed E-state index contributed by atoms with van der Waals surface area (Å²) in [6, 6.07) is 16.0. The zero-order chi connectivity index (χ0) is 12.8. The van der Waals surface area contributed by atoms with Gasteiger partial charge in [0, 0.05) is 0 Å². The molecule has 0 N–H and O–H groups in total. The van der Waals surface area contributed by atoms with Crippen molar-refractivity contribution in [1.82, 2.24) is 0 Å². The highest BCUT2D eigenvalue weighted by atomic mass is 16.5. The lowest BCUT2D eigenvalue weighted by atomic mass is 10.2. The molecule has 0 saturated heterocycles. The molecule has 0 radical (unpaired) electrons. The third-order valence-corrected chi connectivity index (χ3v) is 2.36. The van der Waals surface area contributed by atoms with Crippen molar-refractivity contribution < 1.29 is 14.3 Å². The summed E-state index contributed by atoms with van der Waals surface area (Å²) in [6.07, 6.45) is 0. The molecule has 0 bridgehead atoms. The van der Waals surface area contributed by atoms with E-state index in [1.807, 2.05) is 31.2 Å². The van der Waals surface area contributed by atoms with Crippen molar-refractivity contribution in [1.29, 1.82) is 0 Å². The van der Waals surface area contributed by atoms with Crippen LogP contribution < -0.4 is 9.47 Å². The highest BCUT2D eigenvalue weighted by Crippen LogP contribution is 2.20. The van der Waals surface area contributed by atoms with Gasteiger partial charge in [-0.3, -0.25) is 0 Å². The topological polar surface area (TPSA) is 35.5 Å². The molecule has 0 amide bonds. The van der Waals surface area contributed by atoms with Gasteiger partial charge in [-0.05, 0) is 31.2 Å². The molecule has 3 nitrogen and oxygen atoms in total. The van der Waals surface area contributed by atoms with Gasteiger partial charge in [0.2, 0.25) is 0 Å². The summed E-state index contributed by atoms with van der Waals surface area (Å²) in [5, 5.41) is 0. The van der Waals surface area contributed by atoms with Crippen LogP contribution in [0.2, 0.25) is 0 Å². The van der Waals surface area contributed by atoms with Crippen LogP contribution in [0.1, 0.15) is 17.3 Å². The molecule has 0 spiro atoms. The molecule has 0 aliphatic heterocycles. The van der Waals surface area contributed by atoms with Crippen LogP contribution in [0.5, 0.6) is 11.5 Å². The molecular formula is C15H14O3. The summed E-state index contributed by atoms with van der Waals surface area (Å²) in [4.78, 5) is 12.0. The Balaban J connectivity index is 2.19. The first kappa shape index (κ1) is 12.2. The van der Waals surface area contributed by atoms with Gasteiger partial charge < -0.3 is 9.47 Å². The minimum Gasteiger partial charge on any atom is -0.493 e. The Morgan fingerprint density at radius 2 is 1.67 bits per heavy atom. The zero-order valence-corrected chi connectivity index (χ0v) is 10.1. The van der Waals surface area contributed by atoms with Crippen molar-refractivity contribution in [2.75, 3.05) is 6.61 Å². The molecule has 2 rings (SSSR count). The third kappa shape index (κ3) is 2.88. The maximum Gasteiger partial charge on any atom is 0.347 e. The van der Waals surface area contributed by atoms with E-state index in [2.05, 4.69) is 0 Å². The molecule has 0 saturated carbocycles. The molecule has 0 heterocycles. The Labute approximate surface area is 106 Å². The molecule has 92 valence electrons. The van der Waals surface area contributed by atoms with Crippen molar-refractivity contribution in [2.45, 2.75) is 6.92 Å². The van der Waals surface area contributed by atoms with Gasteiger partial charge in [0.25, 0.3) is 0 Å². The highest BCUT2D eigenvalue weighted by molar-refractivity contribution is 5.93. The molecule has 0 unspecified atom stereocenters. The van der Waals surface area contributed by atoms with E-state index in [0.29, 0.717) is 23.7 Å². The maximum atomic E-state index is 12.0. The molecule has 0 aliphatic rings. The standard InChI is InChI=1S/C15H14O3/c1-2-17-14-11-7-6-10-13(14)15(16)18-12-8-4-3-5-9-12/h3-11H,2H2,1H3. The summed E-state index contributed by atoms with van der Waals surface area (Å²) >= 11 is 0. The van der Waals surface area contributed by atoms with Crippen molar-refractivity contribution in [3.8, 4) is 11.5 Å². The predicted molar refractivity (Wildman–Crippen MR) is 69.0 cm³/mol. The van der Waals surface area contributed by atoms with Crippen LogP contribution in [0.15, 0.2) is 54.6 Å². The van der Waals surface area contributed by atoms with Crippen LogP contribution in [-0.2, 0) is 0 Å². The second-order valence-electron chi connectivity index (χ2n) is 3.63. The number of carbonyl (C=O) groups is 1. The van der Waals surface area contributed by atoms with Crippen molar-refractivity contribution in [3.63, 3.8) is 0 Å². The monoisotopic (exact) mass is 242 g/mol. The molecule has 18 heavy (non-hydrogen) atoms. The second-order valence-corrected chi connectivity index (χ2v) is 3.63. The number of carbonyl (C=O) groups excluding carboxylic acids is 1. The average Bonchev–Trinajstić information content (AvgIpc) is 2.41. The van der Waals surface area contributed by atoms with Gasteiger partial charge in [-0.1, -0.05) is 30.3 Å². The van der Waals surface area contributed by atoms with Gasteiger partial charge >= 0.3 is 5.97 Å². The van der Waals surface area contributed by atoms with E-state index >= 15 is 0 Å². The number of benzene rings is 2. The molecular weight excluding hydrogens is 228 g/mol. The molecule has 0 atom stereocenters. The summed E-state index contributed by atoms with van der Waals surface area (Å²) in [5.74, 6) is 0.653. The fraction of sp³-hybridized carbons (Fsp3) is 0.133. The average molecular weight is 242 g/mol. The first-order valence-corrected chi connectivity index (χ1v) is 5.80. The predicted octanol–water partition coefficient (Wildman–Crippen LogP) is 3.30. The van der Waals surface area contributed by atoms with Gasteiger partial charge in [-0.15, -0.1) is 0 Å². The number of esters is 1. The Bertz CT molecular complexity index is 520. The van der Waals surface area contributed by atoms with Crippen LogP contribution in [0, 0.1) is 0 Å². The summed E-state index contributed by atoms with van der Waals surface area (Å²) < 4.78 is 10.7. The van der Waals surface area contributed by atoms with Crippen molar-refractivity contribution in [2.24, 2.45) is 0 Å². The minimum absolute atomic E-state index is 0.412. The van der Waals surface area contributed by atoms with Crippen LogP contribution in [0.25, 0.3) is 0 Å². The largest absolute Gasteiger partial charge is 0.493 e. The van der Waals surface area contributed by atoms with Crippen LogP contribution in [0.3, 0.4) is 0 Å². The number of ether oxygens (including phenoxy) is 2. The van der Waals surface area contributed by atoms with Gasteiger partial charge in [-0.2, -0.15) is 0 Å². The van der Waals surface area contributed by atoms with Crippen molar-refractivity contribution in [3.05, 3.63) is 60.2 Å². The van der Waals surface area contributed by atoms with Crippen molar-refractivity contribution >= 4 is 5.97 Å². The van der Waals surface area contributed by atoms with Gasteiger partial charge in [-0.25, -0.2) is 4.79 Å². The maximum absolute atomic E-state index is 12.0. The minimum atomic E-state index is -0.412. The summed E-state index contributed by atoms with van der Waals surface area (Å²) in [6.45, 7) is 2.38. The van der Waals surface area contributed by atoms with E-state index in [1.165, 1.54) is 0 Å². The zero-order valence-electron chi connectivity index (χ0n) is 10.1. The first-order valence-electron chi connectivity index (χ1n) is 5.80. The second kappa shape index (κ2) is 5.87. The van der Waals surface area contributed by atoms with E-state index in [4.69, 9.17) is 9.47 Å². The molecule has 0 fully saturated rings. The van der Waals surface area contributed by atoms with E-state index in [0.717, 1.165) is 0 Å². The third-order valence-electron chi connectivity index (χ3n) is 2.36. The Hall–Kier alpha value is -2.29. The number of hydrogen-bond acceptors (Lipinski definition) is 3. The number of para-hydroxylation sites is 2. The lowest BCUT2D eigenvalue weighted by Gasteiger charge is -2.09. The smallest absolute Gasteiger partial charge is 0.347 e. The van der Waals surface area contributed by atoms with Gasteiger partial charge in [0.1, 0.15) is 17.1 Å². The van der Waals surface area contributed by atoms with Gasteiger partial charge in [0.05, 0.1) is 6.61 Å². The molecule has 0 aliphatic carbocycles. The number of rotatable bonds is 4. The Morgan fingerprint density at radius 1 is 1.00 bits per heavy atom. The fourth-order valence-corrected chi connectivity index (χ4v) is 1.57. The Morgan fingerprint density at radius 3 is 2.39 bits per heavy atom. The lowest BCUT2D eigenvalue weighted by Crippen LogP contribution is -2.10. The van der Waals surface area contributed by atoms with Crippen LogP contribution >= 0.6 is 0 Å². The van der Waals surface area contributed by atoms with Gasteiger partial charge in [0.15, 0.2) is 0 Å². The molecule has 2 aromatic carbocycles. The molecule has 0 aromatic heterocycles. The quantitative estimate of drug-likeness (QED) is 0.609. The number of hydrogen-bond donors (Lipinski definition) is 0. The van der Waals surface area contributed by atoms with E-state index in [1.54, 1.807) is 30.3 Å². The fourth-order valence-electron chi connectivity index (χ4n) is 1.57. The normalized spacial score (nSPS) is 9.83. The summed E-state index contributed by atoms with van der Waals surface area (Å²) in [7, 11) is 0. The molecule has 2 aromatic rings. The molecule has 3 heteroatoms. The van der Waals surface area contributed by atoms with Crippen LogP contribution in [0.4, 0.5) is 0 Å².